The van der Waals surface area contributed by atoms with E-state index in [1.54, 1.807) is 20.7 Å². The predicted molar refractivity (Wildman–Crippen MR) is 144 cm³/mol. The van der Waals surface area contributed by atoms with Crippen LogP contribution >= 0.6 is 0 Å². The highest BCUT2D eigenvalue weighted by molar-refractivity contribution is 7.59. The molecule has 0 unspecified atom stereocenters. The Kier molecular flexibility index (Phi) is 5.75. The molecule has 0 aromatic heterocycles. The molecule has 0 bridgehead atoms. The van der Waals surface area contributed by atoms with Crippen LogP contribution in [-0.4, -0.2) is 15.2 Å². The molecule has 0 amide bonds. The molecule has 0 nitrogen and oxygen atoms in total. The quantitative estimate of drug-likeness (QED) is 0.385. The van der Waals surface area contributed by atoms with Gasteiger partial charge in [0.2, 0.25) is 0 Å². The van der Waals surface area contributed by atoms with Gasteiger partial charge in [-0.25, -0.2) is 0 Å². The van der Waals surface area contributed by atoms with Gasteiger partial charge >= 0.3 is 0 Å². The first-order valence-corrected chi connectivity index (χ1v) is 17.3. The lowest BCUT2D eigenvalue weighted by molar-refractivity contribution is 0.848. The second-order valence-electron chi connectivity index (χ2n) is 9.48. The van der Waals surface area contributed by atoms with E-state index in [0.29, 0.717) is 0 Å². The molecule has 0 spiro atoms. The topological polar surface area (TPSA) is 0 Å². The van der Waals surface area contributed by atoms with Crippen molar-refractivity contribution in [3.8, 4) is 0 Å². The zero-order valence-corrected chi connectivity index (χ0v) is 21.2. The van der Waals surface area contributed by atoms with Crippen molar-refractivity contribution >= 4 is 35.9 Å². The normalized spacial score (nSPS) is 23.1. The van der Waals surface area contributed by atoms with Crippen LogP contribution < -0.4 is 20.7 Å². The Labute approximate surface area is 194 Å². The van der Waals surface area contributed by atoms with Crippen molar-refractivity contribution in [2.45, 2.75) is 38.8 Å². The lowest BCUT2D eigenvalue weighted by Crippen LogP contribution is -2.86. The molecule has 1 aliphatic heterocycles. The van der Waals surface area contributed by atoms with Gasteiger partial charge in [0.25, 0.3) is 0 Å². The molecule has 2 heteroatoms. The number of hydrogen-bond acceptors (Lipinski definition) is 0. The summed E-state index contributed by atoms with van der Waals surface area (Å²) >= 11 is 0. The molecular formula is C30H32Si2. The molecule has 2 atom stereocenters. The third kappa shape index (κ3) is 3.33. The lowest BCUT2D eigenvalue weighted by atomic mass is 10.2. The Morgan fingerprint density at radius 1 is 0.406 bits per heavy atom. The molecule has 5 rings (SSSR count). The van der Waals surface area contributed by atoms with Gasteiger partial charge in [-0.2, -0.15) is 0 Å². The molecule has 4 aromatic carbocycles. The van der Waals surface area contributed by atoms with Gasteiger partial charge in [-0.05, 0) is 13.8 Å². The highest BCUT2D eigenvalue weighted by atomic mass is 29.3. The van der Waals surface area contributed by atoms with Crippen LogP contribution in [0.3, 0.4) is 0 Å². The highest BCUT2D eigenvalue weighted by Gasteiger charge is 2.59. The van der Waals surface area contributed by atoms with E-state index < -0.39 is 15.2 Å². The van der Waals surface area contributed by atoms with Crippen LogP contribution in [-0.2, 0) is 0 Å². The molecule has 1 heterocycles. The third-order valence-electron chi connectivity index (χ3n) is 7.70. The summed E-state index contributed by atoms with van der Waals surface area (Å²) in [6.45, 7) is 4.42. The van der Waals surface area contributed by atoms with Crippen LogP contribution in [0.2, 0.25) is 12.1 Å². The predicted octanol–water partition coefficient (Wildman–Crippen LogP) is 5.00. The number of benzene rings is 4. The number of hydrogen-bond donors (Lipinski definition) is 0. The van der Waals surface area contributed by atoms with Crippen LogP contribution in [0.4, 0.5) is 0 Å². The van der Waals surface area contributed by atoms with Gasteiger partial charge in [-0.1, -0.05) is 166 Å². The van der Waals surface area contributed by atoms with Crippen molar-refractivity contribution in [2.75, 3.05) is 0 Å². The van der Waals surface area contributed by atoms with Crippen molar-refractivity contribution in [3.05, 3.63) is 120 Å². The molecule has 1 aliphatic rings. The summed E-state index contributed by atoms with van der Waals surface area (Å²) < 4.78 is 0. The van der Waals surface area contributed by atoms with Crippen molar-refractivity contribution < 1.29 is 0 Å². The molecule has 0 radical (unpaired) electrons. The fraction of sp³-hybridized carbons (Fsp3) is 0.200. The van der Waals surface area contributed by atoms with Crippen molar-refractivity contribution in [3.63, 3.8) is 0 Å². The molecule has 4 aromatic rings. The zero-order valence-electron chi connectivity index (χ0n) is 19.2. The maximum atomic E-state index is 2.48. The Balaban J connectivity index is 1.91. The highest BCUT2D eigenvalue weighted by Crippen LogP contribution is 2.36. The van der Waals surface area contributed by atoms with E-state index in [4.69, 9.17) is 0 Å². The van der Waals surface area contributed by atoms with E-state index >= 15 is 0 Å². The first-order chi connectivity index (χ1) is 15.7. The van der Waals surface area contributed by atoms with E-state index in [1.807, 2.05) is 0 Å². The SMILES string of the molecule is Cc1ccc([Si@@]2(c3ccccc3)CCCC[Si@@]2(c2ccccc2)c2ccc(C)cc2)cc1. The van der Waals surface area contributed by atoms with Gasteiger partial charge in [-0.15, -0.1) is 0 Å². The Morgan fingerprint density at radius 3 is 1.06 bits per heavy atom. The zero-order chi connectivity index (χ0) is 22.0. The Hall–Kier alpha value is -2.69. The summed E-state index contributed by atoms with van der Waals surface area (Å²) in [7, 11) is -4.20. The molecule has 1 fully saturated rings. The van der Waals surface area contributed by atoms with E-state index in [-0.39, 0.29) is 0 Å². The van der Waals surface area contributed by atoms with Gasteiger partial charge in [0.1, 0.15) is 15.2 Å². The monoisotopic (exact) mass is 448 g/mol. The van der Waals surface area contributed by atoms with Gasteiger partial charge in [-0.3, -0.25) is 0 Å². The smallest absolute Gasteiger partial charge is 0.0628 e. The molecule has 0 saturated carbocycles. The summed E-state index contributed by atoms with van der Waals surface area (Å²) in [5.41, 5.74) is 2.70. The van der Waals surface area contributed by atoms with E-state index in [0.717, 1.165) is 0 Å². The molecular weight excluding hydrogens is 417 g/mol. The average Bonchev–Trinajstić information content (AvgIpc) is 2.86. The van der Waals surface area contributed by atoms with Crippen LogP contribution in [0.25, 0.3) is 0 Å². The van der Waals surface area contributed by atoms with Gasteiger partial charge in [0.15, 0.2) is 0 Å². The second kappa shape index (κ2) is 8.69. The molecule has 0 N–H and O–H groups in total. The van der Waals surface area contributed by atoms with Crippen LogP contribution in [0.5, 0.6) is 0 Å². The minimum Gasteiger partial charge on any atom is -0.0628 e. The van der Waals surface area contributed by atoms with Crippen molar-refractivity contribution in [1.82, 2.24) is 0 Å². The number of rotatable bonds is 4. The summed E-state index contributed by atoms with van der Waals surface area (Å²) in [6.07, 6.45) is 2.67. The van der Waals surface area contributed by atoms with Crippen LogP contribution in [0.15, 0.2) is 109 Å². The third-order valence-corrected chi connectivity index (χ3v) is 26.0. The summed E-state index contributed by atoms with van der Waals surface area (Å²) in [5.74, 6) is 0. The largest absolute Gasteiger partial charge is 0.121 e. The van der Waals surface area contributed by atoms with Crippen molar-refractivity contribution in [2.24, 2.45) is 0 Å². The molecule has 160 valence electrons. The fourth-order valence-corrected chi connectivity index (χ4v) is 27.0. The summed E-state index contributed by atoms with van der Waals surface area (Å²) in [4.78, 5) is 0. The summed E-state index contributed by atoms with van der Waals surface area (Å²) in [6, 6.07) is 45.3. The van der Waals surface area contributed by atoms with E-state index in [1.165, 1.54) is 36.1 Å². The lowest BCUT2D eigenvalue weighted by Gasteiger charge is -2.52. The standard InChI is InChI=1S/C30H32Si2/c1-25-15-19-29(20-16-25)31(27-11-5-3-6-12-27)23-9-10-24-32(31,28-13-7-4-8-14-28)30-21-17-26(2)18-22-30/h3-8,11-22H,9-10,23-24H2,1-2H3/t31-,32+. The van der Waals surface area contributed by atoms with Crippen LogP contribution in [0, 0.1) is 13.8 Å². The van der Waals surface area contributed by atoms with Crippen LogP contribution in [0.1, 0.15) is 24.0 Å². The molecule has 0 aliphatic carbocycles. The van der Waals surface area contributed by atoms with Crippen molar-refractivity contribution in [1.29, 1.82) is 0 Å². The van der Waals surface area contributed by atoms with E-state index in [9.17, 15) is 0 Å². The maximum Gasteiger partial charge on any atom is 0.121 e. The van der Waals surface area contributed by atoms with Gasteiger partial charge in [0, 0.05) is 0 Å². The maximum absolute atomic E-state index is 2.48. The first-order valence-electron chi connectivity index (χ1n) is 11.9. The summed E-state index contributed by atoms with van der Waals surface area (Å²) in [5, 5.41) is 6.51. The van der Waals surface area contributed by atoms with E-state index in [2.05, 4.69) is 123 Å². The first kappa shape index (κ1) is 21.2. The second-order valence-corrected chi connectivity index (χ2v) is 21.5. The molecule has 1 saturated heterocycles. The minimum atomic E-state index is -2.10. The van der Waals surface area contributed by atoms with Gasteiger partial charge < -0.3 is 0 Å². The number of aryl methyl sites for hydroxylation is 2. The van der Waals surface area contributed by atoms with Gasteiger partial charge in [0.05, 0.1) is 0 Å². The Bertz CT molecular complexity index is 1070. The Morgan fingerprint density at radius 2 is 0.719 bits per heavy atom. The minimum absolute atomic E-state index is 1.34. The molecule has 32 heavy (non-hydrogen) atoms. The fourth-order valence-electron chi connectivity index (χ4n) is 6.22. The average molecular weight is 449 g/mol.